The highest BCUT2D eigenvalue weighted by atomic mass is 16.2. The Balaban J connectivity index is 1.54. The minimum atomic E-state index is -0.519. The third kappa shape index (κ3) is 6.70. The summed E-state index contributed by atoms with van der Waals surface area (Å²) in [6.07, 6.45) is 3.23. The van der Waals surface area contributed by atoms with Gasteiger partial charge in [0, 0.05) is 24.3 Å². The second-order valence-corrected chi connectivity index (χ2v) is 8.45. The van der Waals surface area contributed by atoms with Crippen molar-refractivity contribution in [1.29, 1.82) is 0 Å². The highest BCUT2D eigenvalue weighted by Crippen LogP contribution is 2.17. The van der Waals surface area contributed by atoms with Gasteiger partial charge in [0.1, 0.15) is 5.70 Å². The van der Waals surface area contributed by atoms with Crippen molar-refractivity contribution in [2.45, 2.75) is 13.8 Å². The van der Waals surface area contributed by atoms with Crippen molar-refractivity contribution in [1.82, 2.24) is 10.7 Å². The first kappa shape index (κ1) is 25.4. The number of amides is 2. The number of anilines is 1. The van der Waals surface area contributed by atoms with Crippen LogP contribution in [0.2, 0.25) is 0 Å². The lowest BCUT2D eigenvalue weighted by Crippen LogP contribution is -2.32. The molecule has 0 aliphatic heterocycles. The van der Waals surface area contributed by atoms with Gasteiger partial charge >= 0.3 is 0 Å². The number of nitrogens with zero attached hydrogens (tertiary/aromatic N) is 2. The lowest BCUT2D eigenvalue weighted by molar-refractivity contribution is -0.117. The second kappa shape index (κ2) is 12.3. The molecule has 0 bridgehead atoms. The highest BCUT2D eigenvalue weighted by Gasteiger charge is 2.14. The molecule has 186 valence electrons. The standard InChI is InChI=1S/C31H30N4O2/c1-3-35(4-2)28-18-15-23(16-19-28)21-29(33-30(36)26-11-6-5-7-12-26)31(37)34-32-22-24-14-17-25-10-8-9-13-27(25)20-24/h5-22H,3-4H2,1-2H3,(H,33,36)(H,34,37)/b29-21+,32-22-. The number of hydrazone groups is 1. The first-order chi connectivity index (χ1) is 18.1. The average molecular weight is 491 g/mol. The maximum atomic E-state index is 13.1. The van der Waals surface area contributed by atoms with E-state index in [1.165, 1.54) is 0 Å². The van der Waals surface area contributed by atoms with E-state index < -0.39 is 5.91 Å². The minimum absolute atomic E-state index is 0.0973. The van der Waals surface area contributed by atoms with E-state index >= 15 is 0 Å². The van der Waals surface area contributed by atoms with Gasteiger partial charge in [0.15, 0.2) is 0 Å². The Hall–Kier alpha value is -4.71. The number of fused-ring (bicyclic) bond motifs is 1. The molecule has 0 aliphatic rings. The number of hydrogen-bond acceptors (Lipinski definition) is 4. The van der Waals surface area contributed by atoms with Gasteiger partial charge in [0.25, 0.3) is 11.8 Å². The third-order valence-corrected chi connectivity index (χ3v) is 6.01. The topological polar surface area (TPSA) is 73.8 Å². The Morgan fingerprint density at radius 2 is 1.43 bits per heavy atom. The Morgan fingerprint density at radius 3 is 2.14 bits per heavy atom. The van der Waals surface area contributed by atoms with Crippen molar-refractivity contribution >= 4 is 40.6 Å². The second-order valence-electron chi connectivity index (χ2n) is 8.45. The SMILES string of the molecule is CCN(CC)c1ccc(/C=C(/NC(=O)c2ccccc2)C(=O)N/N=C\c2ccc3ccccc3c2)cc1. The summed E-state index contributed by atoms with van der Waals surface area (Å²) in [5, 5.41) is 9.08. The van der Waals surface area contributed by atoms with E-state index in [9.17, 15) is 9.59 Å². The smallest absolute Gasteiger partial charge is 0.287 e. The maximum Gasteiger partial charge on any atom is 0.287 e. The first-order valence-electron chi connectivity index (χ1n) is 12.3. The quantitative estimate of drug-likeness (QED) is 0.182. The Morgan fingerprint density at radius 1 is 0.784 bits per heavy atom. The largest absolute Gasteiger partial charge is 0.372 e. The number of hydrogen-bond donors (Lipinski definition) is 2. The lowest BCUT2D eigenvalue weighted by Gasteiger charge is -2.20. The van der Waals surface area contributed by atoms with Crippen LogP contribution in [0.4, 0.5) is 5.69 Å². The Kier molecular flexibility index (Phi) is 8.45. The molecule has 0 atom stereocenters. The average Bonchev–Trinajstić information content (AvgIpc) is 2.94. The normalized spacial score (nSPS) is 11.5. The number of rotatable bonds is 9. The number of benzene rings is 4. The van der Waals surface area contributed by atoms with Gasteiger partial charge in [-0.05, 0) is 72.2 Å². The molecule has 37 heavy (non-hydrogen) atoms. The molecule has 0 saturated heterocycles. The zero-order valence-electron chi connectivity index (χ0n) is 21.0. The molecule has 4 aromatic rings. The predicted molar refractivity (Wildman–Crippen MR) is 152 cm³/mol. The fourth-order valence-electron chi connectivity index (χ4n) is 3.99. The molecule has 6 heteroatoms. The molecule has 0 fully saturated rings. The maximum absolute atomic E-state index is 13.1. The fraction of sp³-hybridized carbons (Fsp3) is 0.129. The van der Waals surface area contributed by atoms with E-state index in [1.54, 1.807) is 36.6 Å². The van der Waals surface area contributed by atoms with E-state index in [0.717, 1.165) is 40.7 Å². The summed E-state index contributed by atoms with van der Waals surface area (Å²) >= 11 is 0. The van der Waals surface area contributed by atoms with Crippen LogP contribution < -0.4 is 15.6 Å². The molecule has 0 spiro atoms. The van der Waals surface area contributed by atoms with Crippen LogP contribution in [0, 0.1) is 0 Å². The number of nitrogens with one attached hydrogen (secondary N) is 2. The van der Waals surface area contributed by atoms with Crippen molar-refractivity contribution in [3.05, 3.63) is 119 Å². The van der Waals surface area contributed by atoms with E-state index in [2.05, 4.69) is 34.6 Å². The molecule has 2 N–H and O–H groups in total. The van der Waals surface area contributed by atoms with Gasteiger partial charge in [-0.25, -0.2) is 5.43 Å². The van der Waals surface area contributed by atoms with E-state index in [0.29, 0.717) is 5.56 Å². The van der Waals surface area contributed by atoms with Gasteiger partial charge in [-0.2, -0.15) is 5.10 Å². The fourth-order valence-corrected chi connectivity index (χ4v) is 3.99. The Labute approximate surface area is 217 Å². The zero-order valence-corrected chi connectivity index (χ0v) is 21.0. The lowest BCUT2D eigenvalue weighted by atomic mass is 10.1. The summed E-state index contributed by atoms with van der Waals surface area (Å²) < 4.78 is 0. The summed E-state index contributed by atoms with van der Waals surface area (Å²) in [5.41, 5.74) is 5.83. The van der Waals surface area contributed by atoms with Crippen LogP contribution in [0.5, 0.6) is 0 Å². The van der Waals surface area contributed by atoms with Crippen LogP contribution in [0.1, 0.15) is 35.3 Å². The first-order valence-corrected chi connectivity index (χ1v) is 12.3. The van der Waals surface area contributed by atoms with Gasteiger partial charge < -0.3 is 10.2 Å². The molecule has 4 rings (SSSR count). The number of carbonyl (C=O) groups is 2. The van der Waals surface area contributed by atoms with Gasteiger partial charge in [0.05, 0.1) is 6.21 Å². The monoisotopic (exact) mass is 490 g/mol. The van der Waals surface area contributed by atoms with Crippen LogP contribution in [0.3, 0.4) is 0 Å². The van der Waals surface area contributed by atoms with Crippen LogP contribution in [0.15, 0.2) is 108 Å². The molecule has 2 amide bonds. The van der Waals surface area contributed by atoms with E-state index in [-0.39, 0.29) is 11.6 Å². The van der Waals surface area contributed by atoms with Crippen LogP contribution in [0.25, 0.3) is 16.8 Å². The van der Waals surface area contributed by atoms with Crippen molar-refractivity contribution in [2.24, 2.45) is 5.10 Å². The van der Waals surface area contributed by atoms with Crippen LogP contribution in [-0.2, 0) is 4.79 Å². The highest BCUT2D eigenvalue weighted by molar-refractivity contribution is 6.05. The molecular formula is C31H30N4O2. The van der Waals surface area contributed by atoms with Gasteiger partial charge in [-0.1, -0.05) is 66.7 Å². The van der Waals surface area contributed by atoms with E-state index in [4.69, 9.17) is 0 Å². The molecule has 0 saturated carbocycles. The summed E-state index contributed by atoms with van der Waals surface area (Å²) in [6.45, 7) is 6.03. The Bertz CT molecular complexity index is 1420. The van der Waals surface area contributed by atoms with Gasteiger partial charge in [0.2, 0.25) is 0 Å². The molecule has 0 aromatic heterocycles. The summed E-state index contributed by atoms with van der Waals surface area (Å²) in [5.74, 6) is -0.894. The number of carbonyl (C=O) groups excluding carboxylic acids is 2. The molecule has 6 nitrogen and oxygen atoms in total. The minimum Gasteiger partial charge on any atom is -0.372 e. The molecule has 0 aliphatic carbocycles. The summed E-state index contributed by atoms with van der Waals surface area (Å²) in [4.78, 5) is 28.1. The summed E-state index contributed by atoms with van der Waals surface area (Å²) in [6, 6.07) is 30.6. The van der Waals surface area contributed by atoms with Crippen molar-refractivity contribution < 1.29 is 9.59 Å². The molecule has 0 heterocycles. The zero-order chi connectivity index (χ0) is 26.0. The van der Waals surface area contributed by atoms with Gasteiger partial charge in [-0.3, -0.25) is 9.59 Å². The van der Waals surface area contributed by atoms with Crippen molar-refractivity contribution in [3.8, 4) is 0 Å². The predicted octanol–water partition coefficient (Wildman–Crippen LogP) is 5.61. The molecular weight excluding hydrogens is 460 g/mol. The van der Waals surface area contributed by atoms with Crippen LogP contribution in [-0.4, -0.2) is 31.1 Å². The van der Waals surface area contributed by atoms with Crippen LogP contribution >= 0.6 is 0 Å². The van der Waals surface area contributed by atoms with Crippen molar-refractivity contribution in [3.63, 3.8) is 0 Å². The molecule has 0 unspecified atom stereocenters. The molecule has 4 aromatic carbocycles. The molecule has 0 radical (unpaired) electrons. The summed E-state index contributed by atoms with van der Waals surface area (Å²) in [7, 11) is 0. The van der Waals surface area contributed by atoms with Crippen molar-refractivity contribution in [2.75, 3.05) is 18.0 Å². The van der Waals surface area contributed by atoms with Gasteiger partial charge in [-0.15, -0.1) is 0 Å². The third-order valence-electron chi connectivity index (χ3n) is 6.01. The van der Waals surface area contributed by atoms with E-state index in [1.807, 2.05) is 72.8 Å².